The number of carbonyl (C=O) groups excluding carboxylic acids is 1. The molecular formula is C18H37NO6. The quantitative estimate of drug-likeness (QED) is 0.352. The summed E-state index contributed by atoms with van der Waals surface area (Å²) in [5, 5.41) is 2.71. The Morgan fingerprint density at radius 1 is 0.840 bits per heavy atom. The van der Waals surface area contributed by atoms with Gasteiger partial charge in [-0.2, -0.15) is 0 Å². The van der Waals surface area contributed by atoms with Crippen LogP contribution in [-0.4, -0.2) is 78.5 Å². The van der Waals surface area contributed by atoms with Crippen LogP contribution in [0.4, 0.5) is 0 Å². The van der Waals surface area contributed by atoms with E-state index in [-0.39, 0.29) is 12.5 Å². The Labute approximate surface area is 152 Å². The Morgan fingerprint density at radius 2 is 1.40 bits per heavy atom. The van der Waals surface area contributed by atoms with Crippen LogP contribution in [0.25, 0.3) is 0 Å². The summed E-state index contributed by atoms with van der Waals surface area (Å²) in [6, 6.07) is 0. The number of rotatable bonds is 19. The van der Waals surface area contributed by atoms with Crippen molar-refractivity contribution in [3.63, 3.8) is 0 Å². The fraction of sp³-hybridized carbons (Fsp3) is 0.944. The molecule has 1 N–H and O–H groups in total. The third-order valence-electron chi connectivity index (χ3n) is 3.31. The van der Waals surface area contributed by atoms with Crippen molar-refractivity contribution in [3.05, 3.63) is 0 Å². The lowest BCUT2D eigenvalue weighted by molar-refractivity contribution is -0.125. The second kappa shape index (κ2) is 19.6. The molecule has 0 rings (SSSR count). The van der Waals surface area contributed by atoms with Gasteiger partial charge in [0.15, 0.2) is 0 Å². The van der Waals surface area contributed by atoms with Crippen LogP contribution in [0.3, 0.4) is 0 Å². The molecule has 1 unspecified atom stereocenters. The average Bonchev–Trinajstić information content (AvgIpc) is 2.60. The van der Waals surface area contributed by atoms with Crippen molar-refractivity contribution >= 4 is 5.91 Å². The van der Waals surface area contributed by atoms with Gasteiger partial charge in [0.05, 0.1) is 46.2 Å². The van der Waals surface area contributed by atoms with E-state index in [1.165, 1.54) is 12.8 Å². The monoisotopic (exact) mass is 363 g/mol. The summed E-state index contributed by atoms with van der Waals surface area (Å²) >= 11 is 0. The number of amides is 1. The van der Waals surface area contributed by atoms with Gasteiger partial charge in [-0.1, -0.05) is 20.3 Å². The molecule has 0 aromatic rings. The molecule has 150 valence electrons. The zero-order valence-electron chi connectivity index (χ0n) is 16.2. The van der Waals surface area contributed by atoms with Crippen LogP contribution >= 0.6 is 0 Å². The molecule has 0 aromatic heterocycles. The van der Waals surface area contributed by atoms with Crippen molar-refractivity contribution in [2.45, 2.75) is 33.6 Å². The van der Waals surface area contributed by atoms with Crippen LogP contribution in [0.2, 0.25) is 0 Å². The molecular weight excluding hydrogens is 326 g/mol. The molecule has 0 saturated carbocycles. The topological polar surface area (TPSA) is 75.3 Å². The van der Waals surface area contributed by atoms with E-state index in [4.69, 9.17) is 23.7 Å². The molecule has 0 spiro atoms. The molecule has 0 aliphatic heterocycles. The van der Waals surface area contributed by atoms with Gasteiger partial charge >= 0.3 is 0 Å². The van der Waals surface area contributed by atoms with Gasteiger partial charge in [0.1, 0.15) is 6.61 Å². The number of ether oxygens (including phenoxy) is 5. The minimum atomic E-state index is -0.123. The third-order valence-corrected chi connectivity index (χ3v) is 3.31. The highest BCUT2D eigenvalue weighted by molar-refractivity contribution is 5.77. The van der Waals surface area contributed by atoms with Crippen molar-refractivity contribution in [1.82, 2.24) is 5.32 Å². The fourth-order valence-electron chi connectivity index (χ4n) is 2.03. The summed E-state index contributed by atoms with van der Waals surface area (Å²) < 4.78 is 26.7. The molecule has 0 aliphatic rings. The maximum Gasteiger partial charge on any atom is 0.246 e. The lowest BCUT2D eigenvalue weighted by atomic mass is 10.1. The molecule has 1 amide bonds. The van der Waals surface area contributed by atoms with Crippen LogP contribution in [0.5, 0.6) is 0 Å². The lowest BCUT2D eigenvalue weighted by Crippen LogP contribution is -2.30. The van der Waals surface area contributed by atoms with E-state index < -0.39 is 0 Å². The molecule has 7 heteroatoms. The SMILES string of the molecule is CCCC(C)COCCOCCOCCOCCNC(=O)COCC. The first-order valence-electron chi connectivity index (χ1n) is 9.36. The molecule has 0 radical (unpaired) electrons. The molecule has 0 aliphatic carbocycles. The summed E-state index contributed by atoms with van der Waals surface area (Å²) in [5.74, 6) is 0.494. The molecule has 7 nitrogen and oxygen atoms in total. The minimum Gasteiger partial charge on any atom is -0.379 e. The van der Waals surface area contributed by atoms with E-state index in [9.17, 15) is 4.79 Å². The maximum atomic E-state index is 11.2. The van der Waals surface area contributed by atoms with E-state index >= 15 is 0 Å². The van der Waals surface area contributed by atoms with Crippen molar-refractivity contribution in [1.29, 1.82) is 0 Å². The highest BCUT2D eigenvalue weighted by Crippen LogP contribution is 2.04. The molecule has 0 bridgehead atoms. The van der Waals surface area contributed by atoms with Gasteiger partial charge in [0, 0.05) is 19.8 Å². The van der Waals surface area contributed by atoms with Gasteiger partial charge in [-0.05, 0) is 19.3 Å². The molecule has 1 atom stereocenters. The van der Waals surface area contributed by atoms with Gasteiger partial charge in [0.2, 0.25) is 5.91 Å². The highest BCUT2D eigenvalue weighted by Gasteiger charge is 2.00. The number of hydrogen-bond acceptors (Lipinski definition) is 6. The van der Waals surface area contributed by atoms with Crippen molar-refractivity contribution < 1.29 is 28.5 Å². The van der Waals surface area contributed by atoms with Crippen LogP contribution in [-0.2, 0) is 28.5 Å². The Bertz CT molecular complexity index is 291. The highest BCUT2D eigenvalue weighted by atomic mass is 16.6. The van der Waals surface area contributed by atoms with Crippen LogP contribution in [0.1, 0.15) is 33.6 Å². The Hall–Kier alpha value is -0.730. The summed E-state index contributed by atoms with van der Waals surface area (Å²) in [5.41, 5.74) is 0. The van der Waals surface area contributed by atoms with E-state index in [1.807, 2.05) is 6.92 Å². The van der Waals surface area contributed by atoms with Gasteiger partial charge in [-0.15, -0.1) is 0 Å². The second-order valence-corrected chi connectivity index (χ2v) is 5.79. The van der Waals surface area contributed by atoms with Crippen LogP contribution < -0.4 is 5.32 Å². The fourth-order valence-corrected chi connectivity index (χ4v) is 2.03. The molecule has 0 saturated heterocycles. The van der Waals surface area contributed by atoms with E-state index in [0.29, 0.717) is 65.3 Å². The first kappa shape index (κ1) is 24.3. The zero-order valence-corrected chi connectivity index (χ0v) is 16.2. The molecule has 25 heavy (non-hydrogen) atoms. The standard InChI is InChI=1S/C18H37NO6/c1-4-6-17(3)15-25-14-13-24-12-11-23-10-9-22-8-7-19-18(20)16-21-5-2/h17H,4-16H2,1-3H3,(H,19,20). The third kappa shape index (κ3) is 19.4. The van der Waals surface area contributed by atoms with E-state index in [0.717, 1.165) is 6.61 Å². The molecule has 0 heterocycles. The predicted molar refractivity (Wildman–Crippen MR) is 96.9 cm³/mol. The van der Waals surface area contributed by atoms with Crippen LogP contribution in [0.15, 0.2) is 0 Å². The zero-order chi connectivity index (χ0) is 18.6. The van der Waals surface area contributed by atoms with Crippen molar-refractivity contribution in [2.75, 3.05) is 72.6 Å². The number of nitrogens with one attached hydrogen (secondary N) is 1. The molecule has 0 fully saturated rings. The normalized spacial score (nSPS) is 12.3. The average molecular weight is 363 g/mol. The summed E-state index contributed by atoms with van der Waals surface area (Å²) in [7, 11) is 0. The van der Waals surface area contributed by atoms with Crippen molar-refractivity contribution in [2.24, 2.45) is 5.92 Å². The maximum absolute atomic E-state index is 11.2. The first-order valence-corrected chi connectivity index (χ1v) is 9.36. The Kier molecular flexibility index (Phi) is 19.0. The Morgan fingerprint density at radius 3 is 1.96 bits per heavy atom. The Balaban J connectivity index is 3.11. The second-order valence-electron chi connectivity index (χ2n) is 5.79. The van der Waals surface area contributed by atoms with Crippen molar-refractivity contribution in [3.8, 4) is 0 Å². The lowest BCUT2D eigenvalue weighted by Gasteiger charge is -2.11. The van der Waals surface area contributed by atoms with E-state index in [2.05, 4.69) is 19.2 Å². The summed E-state index contributed by atoms with van der Waals surface area (Å²) in [6.07, 6.45) is 2.40. The smallest absolute Gasteiger partial charge is 0.246 e. The van der Waals surface area contributed by atoms with Gasteiger partial charge < -0.3 is 29.0 Å². The number of hydrogen-bond donors (Lipinski definition) is 1. The molecule has 0 aromatic carbocycles. The van der Waals surface area contributed by atoms with E-state index in [1.54, 1.807) is 0 Å². The van der Waals surface area contributed by atoms with Crippen LogP contribution in [0, 0.1) is 5.92 Å². The first-order chi connectivity index (χ1) is 12.2. The summed E-state index contributed by atoms with van der Waals surface area (Å²) in [6.45, 7) is 12.0. The largest absolute Gasteiger partial charge is 0.379 e. The van der Waals surface area contributed by atoms with Gasteiger partial charge in [0.25, 0.3) is 0 Å². The predicted octanol–water partition coefficient (Wildman–Crippen LogP) is 1.64. The van der Waals surface area contributed by atoms with Gasteiger partial charge in [-0.25, -0.2) is 0 Å². The minimum absolute atomic E-state index is 0.0996. The number of carbonyl (C=O) groups is 1. The summed E-state index contributed by atoms with van der Waals surface area (Å²) in [4.78, 5) is 11.2. The van der Waals surface area contributed by atoms with Gasteiger partial charge in [-0.3, -0.25) is 4.79 Å².